The molecule has 0 aliphatic carbocycles. The Balaban J connectivity index is 0.930. The van der Waals surface area contributed by atoms with Gasteiger partial charge in [-0.3, -0.25) is 4.40 Å². The fourth-order valence-corrected chi connectivity index (χ4v) is 11.2. The Kier molecular flexibility index (Phi) is 8.17. The Labute approximate surface area is 378 Å². The molecule has 0 bridgehead atoms. The zero-order valence-electron chi connectivity index (χ0n) is 34.8. The Hall–Kier alpha value is -8.74. The first-order valence-electron chi connectivity index (χ1n) is 21.7. The minimum Gasteiger partial charge on any atom is -0.309 e. The molecule has 4 nitrogen and oxygen atoms in total. The smallest absolute Gasteiger partial charge is 0.196 e. The van der Waals surface area contributed by atoms with Crippen molar-refractivity contribution in [2.75, 3.05) is 0 Å². The second kappa shape index (κ2) is 14.4. The molecule has 300 valence electrons. The van der Waals surface area contributed by atoms with E-state index in [0.717, 1.165) is 66.4 Å². The van der Waals surface area contributed by atoms with Crippen molar-refractivity contribution in [3.05, 3.63) is 223 Å². The predicted molar refractivity (Wildman–Crippen MR) is 271 cm³/mol. The molecular weight excluding hydrogens is 809 g/mol. The van der Waals surface area contributed by atoms with Gasteiger partial charge in [0.25, 0.3) is 0 Å². The van der Waals surface area contributed by atoms with Crippen molar-refractivity contribution in [2.24, 2.45) is 0 Å². The molecule has 0 amide bonds. The topological polar surface area (TPSA) is 37.5 Å². The van der Waals surface area contributed by atoms with E-state index in [1.807, 2.05) is 36.4 Å². The third-order valence-corrected chi connectivity index (χ3v) is 14.1. The number of para-hydroxylation sites is 1. The van der Waals surface area contributed by atoms with Gasteiger partial charge in [0, 0.05) is 49.1 Å². The van der Waals surface area contributed by atoms with E-state index < -0.39 is 0 Å². The molecule has 4 heterocycles. The van der Waals surface area contributed by atoms with Gasteiger partial charge in [-0.1, -0.05) is 121 Å². The Morgan fingerprint density at radius 1 is 0.431 bits per heavy atom. The first-order chi connectivity index (χ1) is 32.1. The van der Waals surface area contributed by atoms with Crippen LogP contribution in [0.25, 0.3) is 125 Å². The van der Waals surface area contributed by atoms with Gasteiger partial charge in [0.2, 0.25) is 0 Å². The van der Waals surface area contributed by atoms with Gasteiger partial charge in [0.1, 0.15) is 4.83 Å². The summed E-state index contributed by atoms with van der Waals surface area (Å²) in [7, 11) is 0. The van der Waals surface area contributed by atoms with Gasteiger partial charge >= 0.3 is 0 Å². The minimum atomic E-state index is 0.441. The third-order valence-electron chi connectivity index (χ3n) is 13.2. The van der Waals surface area contributed by atoms with Crippen molar-refractivity contribution in [1.29, 1.82) is 5.26 Å². The van der Waals surface area contributed by atoms with Crippen molar-refractivity contribution in [2.45, 2.75) is 0 Å². The average molecular weight is 843 g/mol. The summed E-state index contributed by atoms with van der Waals surface area (Å²) in [6.07, 6.45) is 0. The van der Waals surface area contributed by atoms with Gasteiger partial charge in [0.15, 0.2) is 5.69 Å². The summed E-state index contributed by atoms with van der Waals surface area (Å²) in [4.78, 5) is 5.35. The molecule has 13 rings (SSSR count). The maximum Gasteiger partial charge on any atom is 0.196 e. The van der Waals surface area contributed by atoms with Crippen LogP contribution in [-0.4, -0.2) is 8.97 Å². The number of hydrogen-bond donors (Lipinski definition) is 0. The van der Waals surface area contributed by atoms with Crippen LogP contribution in [0.2, 0.25) is 0 Å². The molecule has 0 spiro atoms. The van der Waals surface area contributed by atoms with Gasteiger partial charge in [0.05, 0.1) is 34.7 Å². The van der Waals surface area contributed by atoms with E-state index in [1.165, 1.54) is 48.5 Å². The molecular formula is C60H34N4S. The van der Waals surface area contributed by atoms with Crippen LogP contribution < -0.4 is 0 Å². The zero-order valence-corrected chi connectivity index (χ0v) is 35.6. The van der Waals surface area contributed by atoms with E-state index in [-0.39, 0.29) is 0 Å². The van der Waals surface area contributed by atoms with Crippen LogP contribution in [0.3, 0.4) is 0 Å². The van der Waals surface area contributed by atoms with E-state index >= 15 is 0 Å². The molecule has 0 N–H and O–H groups in total. The van der Waals surface area contributed by atoms with Crippen molar-refractivity contribution in [3.8, 4) is 67.4 Å². The quantitative estimate of drug-likeness (QED) is 0.154. The third kappa shape index (κ3) is 5.67. The number of nitriles is 1. The first kappa shape index (κ1) is 36.9. The number of benzene rings is 9. The molecule has 5 heteroatoms. The van der Waals surface area contributed by atoms with Crippen LogP contribution in [0.15, 0.2) is 206 Å². The van der Waals surface area contributed by atoms with Crippen LogP contribution in [-0.2, 0) is 0 Å². The molecule has 0 radical (unpaired) electrons. The average Bonchev–Trinajstić information content (AvgIpc) is 4.14. The lowest BCUT2D eigenvalue weighted by Crippen LogP contribution is -1.95. The maximum absolute atomic E-state index is 10.8. The normalized spacial score (nSPS) is 11.7. The number of thiophene rings is 1. The standard InChI is InChI=1S/C60H34N4S/c1-62-54-35-44(39-16-10-17-40(28-39)45-33-52-48-20-8-9-21-55(48)64-59(52)53(34-45)49-26-27-65-60(49)64)29-46(36-61)58(54)43-18-11-19-47(30-43)63-56-24-22-41(37-12-4-2-5-13-37)31-50(56)51-32-42(23-25-57(51)63)38-14-6-3-7-15-38/h2-35H. The summed E-state index contributed by atoms with van der Waals surface area (Å²) in [5.41, 5.74) is 16.6. The molecule has 0 fully saturated rings. The molecule has 0 unspecified atom stereocenters. The monoisotopic (exact) mass is 842 g/mol. The van der Waals surface area contributed by atoms with Crippen LogP contribution in [0.1, 0.15) is 5.56 Å². The highest BCUT2D eigenvalue weighted by Crippen LogP contribution is 2.45. The van der Waals surface area contributed by atoms with Crippen LogP contribution in [0.5, 0.6) is 0 Å². The van der Waals surface area contributed by atoms with E-state index in [4.69, 9.17) is 6.57 Å². The summed E-state index contributed by atoms with van der Waals surface area (Å²) in [5, 5.41) is 20.3. The van der Waals surface area contributed by atoms with E-state index in [2.05, 4.69) is 189 Å². The van der Waals surface area contributed by atoms with Crippen molar-refractivity contribution < 1.29 is 0 Å². The predicted octanol–water partition coefficient (Wildman–Crippen LogP) is 16.8. The molecule has 4 aromatic heterocycles. The largest absolute Gasteiger partial charge is 0.309 e. The molecule has 9 aromatic carbocycles. The highest BCUT2D eigenvalue weighted by Gasteiger charge is 2.21. The number of fused-ring (bicyclic) bond motifs is 9. The number of aromatic nitrogens is 2. The summed E-state index contributed by atoms with van der Waals surface area (Å²) in [5.74, 6) is 0. The fraction of sp³-hybridized carbons (Fsp3) is 0. The van der Waals surface area contributed by atoms with Gasteiger partial charge in [-0.05, 0) is 134 Å². The van der Waals surface area contributed by atoms with Gasteiger partial charge < -0.3 is 4.57 Å². The maximum atomic E-state index is 10.8. The summed E-state index contributed by atoms with van der Waals surface area (Å²) < 4.78 is 4.72. The molecule has 0 aliphatic rings. The molecule has 0 aliphatic heterocycles. The van der Waals surface area contributed by atoms with Gasteiger partial charge in [-0.2, -0.15) is 5.26 Å². The molecule has 0 atom stereocenters. The summed E-state index contributed by atoms with van der Waals surface area (Å²) >= 11 is 1.78. The molecule has 13 aromatic rings. The van der Waals surface area contributed by atoms with Gasteiger partial charge in [-0.15, -0.1) is 11.3 Å². The van der Waals surface area contributed by atoms with E-state index in [1.54, 1.807) is 11.3 Å². The minimum absolute atomic E-state index is 0.441. The molecule has 65 heavy (non-hydrogen) atoms. The Morgan fingerprint density at radius 2 is 1.00 bits per heavy atom. The van der Waals surface area contributed by atoms with E-state index in [9.17, 15) is 5.26 Å². The van der Waals surface area contributed by atoms with Crippen LogP contribution in [0.4, 0.5) is 5.69 Å². The lowest BCUT2D eigenvalue weighted by Gasteiger charge is -2.14. The van der Waals surface area contributed by atoms with Crippen LogP contribution >= 0.6 is 11.3 Å². The van der Waals surface area contributed by atoms with Crippen molar-refractivity contribution >= 4 is 76.2 Å². The van der Waals surface area contributed by atoms with Crippen molar-refractivity contribution in [1.82, 2.24) is 8.97 Å². The van der Waals surface area contributed by atoms with E-state index in [0.29, 0.717) is 16.8 Å². The van der Waals surface area contributed by atoms with Crippen LogP contribution in [0, 0.1) is 17.9 Å². The highest BCUT2D eigenvalue weighted by atomic mass is 32.1. The molecule has 0 saturated carbocycles. The summed E-state index contributed by atoms with van der Waals surface area (Å²) in [6, 6.07) is 73.1. The lowest BCUT2D eigenvalue weighted by molar-refractivity contribution is 1.18. The number of nitrogens with zero attached hydrogens (tertiary/aromatic N) is 4. The van der Waals surface area contributed by atoms with Crippen molar-refractivity contribution in [3.63, 3.8) is 0 Å². The van der Waals surface area contributed by atoms with Gasteiger partial charge in [-0.25, -0.2) is 4.85 Å². The highest BCUT2D eigenvalue weighted by molar-refractivity contribution is 7.17. The number of rotatable bonds is 6. The first-order valence-corrected chi connectivity index (χ1v) is 22.5. The zero-order chi connectivity index (χ0) is 43.2. The second-order valence-corrected chi connectivity index (χ2v) is 17.6. The SMILES string of the molecule is [C-]#[N+]c1cc(-c2cccc(-c3cc4c5ccccc5n5c6sccc6c(c3)c45)c2)cc(C#N)c1-c1cccc(-n2c3ccc(-c4ccccc4)cc3c3cc(-c4ccccc4)ccc32)c1. The Morgan fingerprint density at radius 3 is 1.68 bits per heavy atom. The summed E-state index contributed by atoms with van der Waals surface area (Å²) in [6.45, 7) is 8.46. The number of hydrogen-bond acceptors (Lipinski definition) is 2. The second-order valence-electron chi connectivity index (χ2n) is 16.7. The Bertz CT molecular complexity index is 4010. The fourth-order valence-electron chi connectivity index (χ4n) is 10.2. The molecule has 0 saturated heterocycles. The lowest BCUT2D eigenvalue weighted by atomic mass is 9.92.